The van der Waals surface area contributed by atoms with Gasteiger partial charge in [0, 0.05) is 5.57 Å². The van der Waals surface area contributed by atoms with Gasteiger partial charge in [0.05, 0.1) is 0 Å². The normalized spacial score (nSPS) is 10.9. The van der Waals surface area contributed by atoms with Crippen molar-refractivity contribution in [2.24, 2.45) is 0 Å². The Morgan fingerprint density at radius 2 is 1.63 bits per heavy atom. The van der Waals surface area contributed by atoms with E-state index in [9.17, 15) is 0 Å². The van der Waals surface area contributed by atoms with E-state index < -0.39 is 8.07 Å². The number of aryl methyl sites for hydroxylation is 1. The van der Waals surface area contributed by atoms with Crippen molar-refractivity contribution in [1.82, 2.24) is 0 Å². The van der Waals surface area contributed by atoms with Gasteiger partial charge in [0.1, 0.15) is 8.07 Å². The van der Waals surface area contributed by atoms with E-state index in [1.165, 1.54) is 16.3 Å². The molecule has 0 heterocycles. The summed E-state index contributed by atoms with van der Waals surface area (Å²) in [4.78, 5) is 0. The lowest BCUT2D eigenvalue weighted by molar-refractivity contribution is 1.52. The van der Waals surface area contributed by atoms with Gasteiger partial charge in [-0.15, -0.1) is 5.54 Å². The molecule has 0 aliphatic heterocycles. The molecule has 0 aliphatic carbocycles. The largest absolute Gasteiger partial charge is 0.129 e. The summed E-state index contributed by atoms with van der Waals surface area (Å²) in [6, 6.07) is 12.8. The van der Waals surface area contributed by atoms with Crippen LogP contribution in [0.2, 0.25) is 19.6 Å². The Labute approximate surface area is 117 Å². The highest BCUT2D eigenvalue weighted by Gasteiger charge is 2.09. The summed E-state index contributed by atoms with van der Waals surface area (Å²) < 4.78 is 0. The second-order valence-corrected chi connectivity index (χ2v) is 10.7. The highest BCUT2D eigenvalue weighted by Crippen LogP contribution is 2.26. The molecule has 1 heteroatoms. The second-order valence-electron chi connectivity index (χ2n) is 5.95. The van der Waals surface area contributed by atoms with Crippen LogP contribution in [0.25, 0.3) is 16.3 Å². The molecule has 0 radical (unpaired) electrons. The smallest absolute Gasteiger partial charge is 0.127 e. The summed E-state index contributed by atoms with van der Waals surface area (Å²) >= 11 is 0. The number of benzene rings is 2. The van der Waals surface area contributed by atoms with Crippen molar-refractivity contribution in [3.8, 4) is 11.5 Å². The molecule has 19 heavy (non-hydrogen) atoms. The first-order chi connectivity index (χ1) is 8.88. The molecule has 0 bridgehead atoms. The van der Waals surface area contributed by atoms with Crippen LogP contribution in [0.5, 0.6) is 0 Å². The van der Waals surface area contributed by atoms with Crippen molar-refractivity contribution in [2.75, 3.05) is 0 Å². The maximum Gasteiger partial charge on any atom is 0.129 e. The van der Waals surface area contributed by atoms with Gasteiger partial charge in [-0.25, -0.2) is 0 Å². The van der Waals surface area contributed by atoms with Crippen molar-refractivity contribution in [3.63, 3.8) is 0 Å². The standard InChI is InChI=1S/C18H20Si/c1-14-10-11-17(15(2)12-13-19(3,4)5)18-9-7-6-8-16(14)18/h6-11H,2H2,1,3-5H3. The first kappa shape index (κ1) is 13.6. The molecule has 2 aromatic carbocycles. The van der Waals surface area contributed by atoms with Gasteiger partial charge in [-0.1, -0.05) is 68.5 Å². The molecule has 0 N–H and O–H groups in total. The van der Waals surface area contributed by atoms with E-state index in [-0.39, 0.29) is 0 Å². The van der Waals surface area contributed by atoms with Crippen molar-refractivity contribution < 1.29 is 0 Å². The van der Waals surface area contributed by atoms with Crippen LogP contribution in [0, 0.1) is 18.4 Å². The van der Waals surface area contributed by atoms with Crippen molar-refractivity contribution in [1.29, 1.82) is 0 Å². The quantitative estimate of drug-likeness (QED) is 0.500. The van der Waals surface area contributed by atoms with Crippen LogP contribution in [-0.2, 0) is 0 Å². The average molecular weight is 264 g/mol. The lowest BCUT2D eigenvalue weighted by atomic mass is 9.96. The van der Waals surface area contributed by atoms with Gasteiger partial charge in [0.2, 0.25) is 0 Å². The Bertz CT molecular complexity index is 691. The zero-order valence-electron chi connectivity index (χ0n) is 12.2. The fourth-order valence-corrected chi connectivity index (χ4v) is 2.57. The van der Waals surface area contributed by atoms with E-state index in [4.69, 9.17) is 0 Å². The Balaban J connectivity index is 2.54. The SMILES string of the molecule is C=C(C#C[Si](C)(C)C)c1ccc(C)c2ccccc12. The number of hydrogen-bond donors (Lipinski definition) is 0. The maximum atomic E-state index is 4.16. The molecule has 96 valence electrons. The third-order valence-electron chi connectivity index (χ3n) is 3.06. The lowest BCUT2D eigenvalue weighted by Crippen LogP contribution is -2.16. The van der Waals surface area contributed by atoms with Crippen molar-refractivity contribution >= 4 is 24.4 Å². The number of fused-ring (bicyclic) bond motifs is 1. The lowest BCUT2D eigenvalue weighted by Gasteiger charge is -2.09. The Kier molecular flexibility index (Phi) is 3.64. The zero-order chi connectivity index (χ0) is 14.0. The molecular formula is C18H20Si. The number of hydrogen-bond acceptors (Lipinski definition) is 0. The molecule has 0 fully saturated rings. The summed E-state index contributed by atoms with van der Waals surface area (Å²) in [7, 11) is -1.35. The summed E-state index contributed by atoms with van der Waals surface area (Å²) in [5.74, 6) is 3.27. The molecule has 0 saturated heterocycles. The number of allylic oxidation sites excluding steroid dienone is 1. The molecule has 0 atom stereocenters. The van der Waals surface area contributed by atoms with Gasteiger partial charge in [-0.05, 0) is 28.8 Å². The molecule has 0 saturated carbocycles. The van der Waals surface area contributed by atoms with Gasteiger partial charge in [-0.2, -0.15) is 0 Å². The van der Waals surface area contributed by atoms with Gasteiger partial charge in [-0.3, -0.25) is 0 Å². The molecular weight excluding hydrogens is 244 g/mol. The third-order valence-corrected chi connectivity index (χ3v) is 3.93. The Morgan fingerprint density at radius 3 is 2.26 bits per heavy atom. The molecule has 0 aromatic heterocycles. The van der Waals surface area contributed by atoms with Gasteiger partial charge in [0.25, 0.3) is 0 Å². The zero-order valence-corrected chi connectivity index (χ0v) is 13.2. The van der Waals surface area contributed by atoms with E-state index in [2.05, 4.69) is 81.0 Å². The van der Waals surface area contributed by atoms with Crippen LogP contribution in [-0.4, -0.2) is 8.07 Å². The third kappa shape index (κ3) is 3.16. The minimum atomic E-state index is -1.35. The summed E-state index contributed by atoms with van der Waals surface area (Å²) in [6.07, 6.45) is 0. The maximum absolute atomic E-state index is 4.16. The predicted octanol–water partition coefficient (Wildman–Crippen LogP) is 5.04. The van der Waals surface area contributed by atoms with Crippen molar-refractivity contribution in [3.05, 3.63) is 54.1 Å². The summed E-state index contributed by atoms with van der Waals surface area (Å²) in [5.41, 5.74) is 6.77. The topological polar surface area (TPSA) is 0 Å². The van der Waals surface area contributed by atoms with E-state index in [0.29, 0.717) is 0 Å². The number of rotatable bonds is 1. The van der Waals surface area contributed by atoms with E-state index >= 15 is 0 Å². The molecule has 2 rings (SSSR count). The van der Waals surface area contributed by atoms with Gasteiger partial charge >= 0.3 is 0 Å². The first-order valence-corrected chi connectivity index (χ1v) is 10.1. The van der Waals surface area contributed by atoms with Crippen LogP contribution >= 0.6 is 0 Å². The monoisotopic (exact) mass is 264 g/mol. The fraction of sp³-hybridized carbons (Fsp3) is 0.222. The predicted molar refractivity (Wildman–Crippen MR) is 88.8 cm³/mol. The molecule has 0 spiro atoms. The van der Waals surface area contributed by atoms with Crippen LogP contribution in [0.3, 0.4) is 0 Å². The van der Waals surface area contributed by atoms with Crippen molar-refractivity contribution in [2.45, 2.75) is 26.6 Å². The minimum Gasteiger partial charge on any atom is -0.127 e. The molecule has 2 aromatic rings. The molecule has 0 nitrogen and oxygen atoms in total. The fourth-order valence-electron chi connectivity index (χ4n) is 2.04. The van der Waals surface area contributed by atoms with E-state index in [1.807, 2.05) is 0 Å². The van der Waals surface area contributed by atoms with Gasteiger partial charge in [0.15, 0.2) is 0 Å². The van der Waals surface area contributed by atoms with E-state index in [0.717, 1.165) is 11.1 Å². The highest BCUT2D eigenvalue weighted by molar-refractivity contribution is 6.84. The first-order valence-electron chi connectivity index (χ1n) is 6.59. The summed E-state index contributed by atoms with van der Waals surface area (Å²) in [6.45, 7) is 13.0. The minimum absolute atomic E-state index is 0.929. The molecule has 0 aliphatic rings. The van der Waals surface area contributed by atoms with Crippen LogP contribution in [0.4, 0.5) is 0 Å². The highest BCUT2D eigenvalue weighted by atomic mass is 28.3. The van der Waals surface area contributed by atoms with Crippen LogP contribution in [0.1, 0.15) is 11.1 Å². The summed E-state index contributed by atoms with van der Waals surface area (Å²) in [5, 5.41) is 2.54. The van der Waals surface area contributed by atoms with Crippen LogP contribution in [0.15, 0.2) is 43.0 Å². The Hall–Kier alpha value is -1.78. The van der Waals surface area contributed by atoms with Crippen LogP contribution < -0.4 is 0 Å². The average Bonchev–Trinajstić information content (AvgIpc) is 2.36. The Morgan fingerprint density at radius 1 is 1.00 bits per heavy atom. The molecule has 0 amide bonds. The second kappa shape index (κ2) is 5.07. The molecule has 0 unspecified atom stereocenters. The van der Waals surface area contributed by atoms with Gasteiger partial charge < -0.3 is 0 Å². The van der Waals surface area contributed by atoms with E-state index in [1.54, 1.807) is 0 Å².